The first-order valence-corrected chi connectivity index (χ1v) is 9.86. The van der Waals surface area contributed by atoms with Gasteiger partial charge in [-0.05, 0) is 36.8 Å². The number of fused-ring (bicyclic) bond motifs is 1. The van der Waals surface area contributed by atoms with Crippen molar-refractivity contribution in [3.63, 3.8) is 0 Å². The van der Waals surface area contributed by atoms with Crippen LogP contribution in [0.4, 0.5) is 0 Å². The van der Waals surface area contributed by atoms with Gasteiger partial charge in [-0.3, -0.25) is 14.2 Å². The van der Waals surface area contributed by atoms with Gasteiger partial charge in [-0.1, -0.05) is 54.0 Å². The van der Waals surface area contributed by atoms with Crippen molar-refractivity contribution in [2.45, 2.75) is 25.0 Å². The fourth-order valence-electron chi connectivity index (χ4n) is 2.60. The summed E-state index contributed by atoms with van der Waals surface area (Å²) >= 11 is 13.2. The Labute approximate surface area is 165 Å². The van der Waals surface area contributed by atoms with Crippen molar-refractivity contribution in [2.75, 3.05) is 5.75 Å². The number of rotatable bonds is 6. The number of Topliss-reactive ketones (excluding diaryl/α,β-unsaturated/α-hetero) is 1. The van der Waals surface area contributed by atoms with Gasteiger partial charge in [0.1, 0.15) is 0 Å². The lowest BCUT2D eigenvalue weighted by Gasteiger charge is -2.12. The molecular formula is C19H16Cl2N2O2S. The van der Waals surface area contributed by atoms with E-state index in [1.807, 2.05) is 19.1 Å². The summed E-state index contributed by atoms with van der Waals surface area (Å²) in [5.74, 6) is -0.00215. The van der Waals surface area contributed by atoms with Crippen molar-refractivity contribution in [1.82, 2.24) is 9.55 Å². The van der Waals surface area contributed by atoms with Gasteiger partial charge in [0.15, 0.2) is 10.9 Å². The fourth-order valence-corrected chi connectivity index (χ4v) is 4.02. The average molecular weight is 407 g/mol. The summed E-state index contributed by atoms with van der Waals surface area (Å²) in [6.07, 6.45) is 0.796. The molecule has 0 radical (unpaired) electrons. The normalized spacial score (nSPS) is 11.0. The van der Waals surface area contributed by atoms with Gasteiger partial charge in [-0.15, -0.1) is 0 Å². The highest BCUT2D eigenvalue weighted by Gasteiger charge is 2.15. The van der Waals surface area contributed by atoms with Crippen LogP contribution in [0.25, 0.3) is 10.9 Å². The Morgan fingerprint density at radius 1 is 1.19 bits per heavy atom. The van der Waals surface area contributed by atoms with Crippen LogP contribution in [-0.2, 0) is 6.54 Å². The highest BCUT2D eigenvalue weighted by atomic mass is 35.5. The van der Waals surface area contributed by atoms with E-state index in [1.165, 1.54) is 11.8 Å². The molecule has 7 heteroatoms. The molecule has 0 bridgehead atoms. The molecule has 3 aromatic rings. The molecule has 0 aliphatic heterocycles. The lowest BCUT2D eigenvalue weighted by Crippen LogP contribution is -2.23. The van der Waals surface area contributed by atoms with Crippen LogP contribution >= 0.6 is 35.0 Å². The summed E-state index contributed by atoms with van der Waals surface area (Å²) in [7, 11) is 0. The lowest BCUT2D eigenvalue weighted by molar-refractivity contribution is 0.102. The summed E-state index contributed by atoms with van der Waals surface area (Å²) in [4.78, 5) is 29.8. The number of halogens is 2. The van der Waals surface area contributed by atoms with Crippen LogP contribution < -0.4 is 5.56 Å². The van der Waals surface area contributed by atoms with E-state index >= 15 is 0 Å². The van der Waals surface area contributed by atoms with Crippen LogP contribution in [0.1, 0.15) is 23.7 Å². The molecule has 134 valence electrons. The number of ketones is 1. The maximum atomic E-state index is 12.7. The SMILES string of the molecule is CCCn1c(SCC(=O)c2ccc(Cl)cc2Cl)nc2ccccc2c1=O. The zero-order valence-electron chi connectivity index (χ0n) is 14.0. The largest absolute Gasteiger partial charge is 0.293 e. The second-order valence-corrected chi connectivity index (χ2v) is 7.49. The monoisotopic (exact) mass is 406 g/mol. The van der Waals surface area contributed by atoms with Gasteiger partial charge in [0.2, 0.25) is 0 Å². The minimum absolute atomic E-state index is 0.0862. The van der Waals surface area contributed by atoms with Crippen molar-refractivity contribution in [2.24, 2.45) is 0 Å². The molecule has 0 saturated carbocycles. The van der Waals surface area contributed by atoms with Crippen molar-refractivity contribution >= 4 is 51.6 Å². The Balaban J connectivity index is 1.91. The zero-order chi connectivity index (χ0) is 18.7. The number of carbonyl (C=O) groups excluding carboxylic acids is 1. The van der Waals surface area contributed by atoms with Crippen molar-refractivity contribution in [3.05, 3.63) is 68.4 Å². The second kappa shape index (κ2) is 8.25. The van der Waals surface area contributed by atoms with Gasteiger partial charge in [0.25, 0.3) is 5.56 Å². The molecule has 0 fully saturated rings. The molecule has 0 atom stereocenters. The lowest BCUT2D eigenvalue weighted by atomic mass is 10.1. The summed E-state index contributed by atoms with van der Waals surface area (Å²) in [5.41, 5.74) is 0.954. The number of thioether (sulfide) groups is 1. The number of carbonyl (C=O) groups is 1. The second-order valence-electron chi connectivity index (χ2n) is 5.70. The third kappa shape index (κ3) is 3.95. The Morgan fingerprint density at radius 3 is 2.69 bits per heavy atom. The van der Waals surface area contributed by atoms with Crippen molar-refractivity contribution in [1.29, 1.82) is 0 Å². The van der Waals surface area contributed by atoms with E-state index in [2.05, 4.69) is 4.98 Å². The van der Waals surface area contributed by atoms with E-state index in [0.29, 0.717) is 38.2 Å². The molecule has 1 heterocycles. The van der Waals surface area contributed by atoms with Gasteiger partial charge in [-0.2, -0.15) is 0 Å². The summed E-state index contributed by atoms with van der Waals surface area (Å²) in [6.45, 7) is 2.55. The van der Waals surface area contributed by atoms with Gasteiger partial charge in [0.05, 0.1) is 21.7 Å². The molecule has 2 aromatic carbocycles. The molecule has 1 aromatic heterocycles. The first-order chi connectivity index (χ1) is 12.5. The Kier molecular flexibility index (Phi) is 6.01. The number of benzene rings is 2. The molecule has 4 nitrogen and oxygen atoms in total. The van der Waals surface area contributed by atoms with E-state index in [0.717, 1.165) is 6.42 Å². The molecule has 0 aliphatic carbocycles. The third-order valence-electron chi connectivity index (χ3n) is 3.84. The molecule has 3 rings (SSSR count). The molecule has 0 unspecified atom stereocenters. The van der Waals surface area contributed by atoms with E-state index in [9.17, 15) is 9.59 Å². The van der Waals surface area contributed by atoms with Crippen LogP contribution in [0.5, 0.6) is 0 Å². The van der Waals surface area contributed by atoms with E-state index < -0.39 is 0 Å². The first-order valence-electron chi connectivity index (χ1n) is 8.12. The van der Waals surface area contributed by atoms with E-state index in [-0.39, 0.29) is 17.1 Å². The van der Waals surface area contributed by atoms with Gasteiger partial charge < -0.3 is 0 Å². The molecule has 0 aliphatic rings. The number of nitrogens with zero attached hydrogens (tertiary/aromatic N) is 2. The zero-order valence-corrected chi connectivity index (χ0v) is 16.4. The molecule has 0 saturated heterocycles. The summed E-state index contributed by atoms with van der Waals surface area (Å²) < 4.78 is 1.63. The first kappa shape index (κ1) is 19.0. The van der Waals surface area contributed by atoms with Gasteiger partial charge in [0, 0.05) is 17.1 Å². The maximum Gasteiger partial charge on any atom is 0.262 e. The maximum absolute atomic E-state index is 12.7. The standard InChI is InChI=1S/C19H16Cl2N2O2S/c1-2-9-23-18(25)14-5-3-4-6-16(14)22-19(23)26-11-17(24)13-8-7-12(20)10-15(13)21/h3-8,10H,2,9,11H2,1H3. The number of hydrogen-bond donors (Lipinski definition) is 0. The van der Waals surface area contributed by atoms with Crippen LogP contribution in [0.2, 0.25) is 10.0 Å². The average Bonchev–Trinajstić information content (AvgIpc) is 2.62. The Bertz CT molecular complexity index is 1030. The van der Waals surface area contributed by atoms with Crippen LogP contribution in [-0.4, -0.2) is 21.1 Å². The van der Waals surface area contributed by atoms with Crippen molar-refractivity contribution < 1.29 is 4.79 Å². The quantitative estimate of drug-likeness (QED) is 0.325. The number of hydrogen-bond acceptors (Lipinski definition) is 4. The summed E-state index contributed by atoms with van der Waals surface area (Å²) in [6, 6.07) is 12.0. The highest BCUT2D eigenvalue weighted by Crippen LogP contribution is 2.24. The predicted octanol–water partition coefficient (Wildman–Crippen LogP) is 5.09. The molecule has 0 amide bonds. The van der Waals surface area contributed by atoms with E-state index in [1.54, 1.807) is 34.9 Å². The minimum Gasteiger partial charge on any atom is -0.293 e. The molecule has 26 heavy (non-hydrogen) atoms. The van der Waals surface area contributed by atoms with E-state index in [4.69, 9.17) is 23.2 Å². The predicted molar refractivity (Wildman–Crippen MR) is 108 cm³/mol. The van der Waals surface area contributed by atoms with Gasteiger partial charge >= 0.3 is 0 Å². The summed E-state index contributed by atoms with van der Waals surface area (Å²) in [5, 5.41) is 1.92. The topological polar surface area (TPSA) is 52.0 Å². The third-order valence-corrected chi connectivity index (χ3v) is 5.36. The number of para-hydroxylation sites is 1. The van der Waals surface area contributed by atoms with Crippen LogP contribution in [0.3, 0.4) is 0 Å². The van der Waals surface area contributed by atoms with Crippen LogP contribution in [0.15, 0.2) is 52.4 Å². The van der Waals surface area contributed by atoms with Gasteiger partial charge in [-0.25, -0.2) is 4.98 Å². The van der Waals surface area contributed by atoms with Crippen molar-refractivity contribution in [3.8, 4) is 0 Å². The highest BCUT2D eigenvalue weighted by molar-refractivity contribution is 7.99. The number of aromatic nitrogens is 2. The molecule has 0 spiro atoms. The minimum atomic E-state index is -0.137. The smallest absolute Gasteiger partial charge is 0.262 e. The molecule has 0 N–H and O–H groups in total. The molecular weight excluding hydrogens is 391 g/mol. The Morgan fingerprint density at radius 2 is 1.96 bits per heavy atom. The fraction of sp³-hybridized carbons (Fsp3) is 0.211. The Hall–Kier alpha value is -1.82. The van der Waals surface area contributed by atoms with Crippen LogP contribution in [0, 0.1) is 0 Å².